The van der Waals surface area contributed by atoms with Gasteiger partial charge in [-0.25, -0.2) is 4.98 Å². The first kappa shape index (κ1) is 10.6. The van der Waals surface area contributed by atoms with Crippen molar-refractivity contribution >= 4 is 11.0 Å². The molecule has 0 spiro atoms. The van der Waals surface area contributed by atoms with Crippen LogP contribution in [0.25, 0.3) is 16.7 Å². The molecule has 0 fully saturated rings. The van der Waals surface area contributed by atoms with Crippen LogP contribution in [-0.2, 0) is 0 Å². The number of methoxy groups -OCH3 is 1. The lowest BCUT2D eigenvalue weighted by Crippen LogP contribution is -2.06. The van der Waals surface area contributed by atoms with E-state index in [-0.39, 0.29) is 5.56 Å². The fourth-order valence-corrected chi connectivity index (χ4v) is 1.93. The summed E-state index contributed by atoms with van der Waals surface area (Å²) in [6.45, 7) is 0. The maximum atomic E-state index is 11.6. The van der Waals surface area contributed by atoms with Gasteiger partial charge in [0, 0.05) is 12.3 Å². The first-order valence-corrected chi connectivity index (χ1v) is 5.49. The third-order valence-corrected chi connectivity index (χ3v) is 2.82. The van der Waals surface area contributed by atoms with Crippen LogP contribution in [0.1, 0.15) is 0 Å². The molecule has 1 N–H and O–H groups in total. The second-order valence-corrected chi connectivity index (χ2v) is 3.86. The van der Waals surface area contributed by atoms with Gasteiger partial charge in [-0.15, -0.1) is 0 Å². The largest absolute Gasteiger partial charge is 0.497 e. The van der Waals surface area contributed by atoms with Gasteiger partial charge in [-0.05, 0) is 18.2 Å². The highest BCUT2D eigenvalue weighted by molar-refractivity contribution is 5.76. The average Bonchev–Trinajstić information content (AvgIpc) is 2.84. The number of rotatable bonds is 2. The van der Waals surface area contributed by atoms with E-state index in [0.29, 0.717) is 11.0 Å². The number of hydrogen-bond donors (Lipinski definition) is 1. The van der Waals surface area contributed by atoms with Gasteiger partial charge >= 0.3 is 0 Å². The van der Waals surface area contributed by atoms with Crippen LogP contribution in [0.3, 0.4) is 0 Å². The Morgan fingerprint density at radius 1 is 1.33 bits per heavy atom. The lowest BCUT2D eigenvalue weighted by atomic mass is 10.3. The highest BCUT2D eigenvalue weighted by Gasteiger charge is 2.07. The molecule has 3 rings (SSSR count). The number of nitrogens with zero attached hydrogens (tertiary/aromatic N) is 2. The Balaban J connectivity index is 2.25. The zero-order valence-corrected chi connectivity index (χ0v) is 9.75. The van der Waals surface area contributed by atoms with E-state index in [0.717, 1.165) is 11.4 Å². The Labute approximate surface area is 103 Å². The minimum Gasteiger partial charge on any atom is -0.497 e. The number of benzene rings is 1. The van der Waals surface area contributed by atoms with Crippen molar-refractivity contribution in [2.45, 2.75) is 0 Å². The first-order valence-electron chi connectivity index (χ1n) is 5.49. The summed E-state index contributed by atoms with van der Waals surface area (Å²) >= 11 is 0. The van der Waals surface area contributed by atoms with Gasteiger partial charge in [-0.2, -0.15) is 0 Å². The van der Waals surface area contributed by atoms with E-state index in [1.54, 1.807) is 13.2 Å². The molecule has 1 aromatic carbocycles. The van der Waals surface area contributed by atoms with E-state index in [2.05, 4.69) is 9.97 Å². The molecule has 0 amide bonds. The summed E-state index contributed by atoms with van der Waals surface area (Å²) in [7, 11) is 1.62. The summed E-state index contributed by atoms with van der Waals surface area (Å²) in [5, 5.41) is 0.570. The minimum atomic E-state index is -0.137. The molecular formula is C13H11N3O2. The predicted octanol–water partition coefficient (Wildman–Crippen LogP) is 1.72. The molecule has 2 aromatic heterocycles. The molecule has 3 aromatic rings. The third kappa shape index (κ3) is 1.57. The van der Waals surface area contributed by atoms with E-state index in [1.807, 2.05) is 35.0 Å². The Morgan fingerprint density at radius 3 is 3.06 bits per heavy atom. The van der Waals surface area contributed by atoms with Crippen LogP contribution in [0.4, 0.5) is 0 Å². The zero-order chi connectivity index (χ0) is 12.5. The van der Waals surface area contributed by atoms with E-state index in [9.17, 15) is 4.79 Å². The maximum Gasteiger partial charge on any atom is 0.260 e. The number of aromatic amines is 1. The van der Waals surface area contributed by atoms with Gasteiger partial charge in [0.2, 0.25) is 0 Å². The van der Waals surface area contributed by atoms with Gasteiger partial charge in [-0.3, -0.25) is 4.79 Å². The molecule has 5 heteroatoms. The van der Waals surface area contributed by atoms with Crippen molar-refractivity contribution in [1.29, 1.82) is 0 Å². The highest BCUT2D eigenvalue weighted by Crippen LogP contribution is 2.19. The molecule has 0 atom stereocenters. The average molecular weight is 241 g/mol. The van der Waals surface area contributed by atoms with Crippen LogP contribution in [0, 0.1) is 0 Å². The van der Waals surface area contributed by atoms with Crippen LogP contribution >= 0.6 is 0 Å². The molecule has 0 unspecified atom stereocenters. The van der Waals surface area contributed by atoms with Gasteiger partial charge in [0.1, 0.15) is 5.75 Å². The van der Waals surface area contributed by atoms with Gasteiger partial charge in [0.25, 0.3) is 5.56 Å². The summed E-state index contributed by atoms with van der Waals surface area (Å²) in [6.07, 6.45) is 3.23. The van der Waals surface area contributed by atoms with Crippen molar-refractivity contribution in [2.75, 3.05) is 7.11 Å². The monoisotopic (exact) mass is 241 g/mol. The highest BCUT2D eigenvalue weighted by atomic mass is 16.5. The zero-order valence-electron chi connectivity index (χ0n) is 9.75. The lowest BCUT2D eigenvalue weighted by Gasteiger charge is -2.06. The second-order valence-electron chi connectivity index (χ2n) is 3.86. The van der Waals surface area contributed by atoms with Crippen LogP contribution in [-0.4, -0.2) is 21.6 Å². The SMILES string of the molecule is COc1cccc(-n2ccc3c(=O)[nH]cnc32)c1. The molecule has 0 aliphatic rings. The molecule has 90 valence electrons. The summed E-state index contributed by atoms with van der Waals surface area (Å²) in [5.41, 5.74) is 1.40. The standard InChI is InChI=1S/C13H11N3O2/c1-18-10-4-2-3-9(7-10)16-6-5-11-12(16)14-8-15-13(11)17/h2-8H,1H3,(H,14,15,17). The van der Waals surface area contributed by atoms with E-state index < -0.39 is 0 Å². The molecule has 2 heterocycles. The first-order chi connectivity index (χ1) is 8.79. The molecule has 0 bridgehead atoms. The van der Waals surface area contributed by atoms with Crippen LogP contribution < -0.4 is 10.3 Å². The molecular weight excluding hydrogens is 230 g/mol. The fourth-order valence-electron chi connectivity index (χ4n) is 1.93. The number of aromatic nitrogens is 3. The molecule has 0 saturated heterocycles. The number of nitrogens with one attached hydrogen (secondary N) is 1. The summed E-state index contributed by atoms with van der Waals surface area (Å²) in [4.78, 5) is 18.4. The van der Waals surface area contributed by atoms with Crippen molar-refractivity contribution in [3.8, 4) is 11.4 Å². The molecule has 0 aliphatic carbocycles. The predicted molar refractivity (Wildman–Crippen MR) is 68.2 cm³/mol. The van der Waals surface area contributed by atoms with Crippen molar-refractivity contribution < 1.29 is 4.74 Å². The van der Waals surface area contributed by atoms with Gasteiger partial charge in [0.15, 0.2) is 5.65 Å². The number of H-pyrrole nitrogens is 1. The summed E-state index contributed by atoms with van der Waals surface area (Å²) < 4.78 is 7.04. The van der Waals surface area contributed by atoms with Crippen molar-refractivity contribution in [1.82, 2.24) is 14.5 Å². The summed E-state index contributed by atoms with van der Waals surface area (Å²) in [6, 6.07) is 9.34. The van der Waals surface area contributed by atoms with Crippen molar-refractivity contribution in [3.63, 3.8) is 0 Å². The van der Waals surface area contributed by atoms with Crippen LogP contribution in [0.2, 0.25) is 0 Å². The van der Waals surface area contributed by atoms with Gasteiger partial charge in [0.05, 0.1) is 24.5 Å². The number of hydrogen-bond acceptors (Lipinski definition) is 3. The van der Waals surface area contributed by atoms with Gasteiger partial charge < -0.3 is 14.3 Å². The minimum absolute atomic E-state index is 0.137. The Hall–Kier alpha value is -2.56. The maximum absolute atomic E-state index is 11.6. The normalized spacial score (nSPS) is 10.7. The molecule has 0 aliphatic heterocycles. The Morgan fingerprint density at radius 2 is 2.22 bits per heavy atom. The van der Waals surface area contributed by atoms with E-state index in [1.165, 1.54) is 6.33 Å². The molecule has 5 nitrogen and oxygen atoms in total. The quantitative estimate of drug-likeness (QED) is 0.743. The van der Waals surface area contributed by atoms with Gasteiger partial charge in [-0.1, -0.05) is 6.07 Å². The number of fused-ring (bicyclic) bond motifs is 1. The molecule has 0 saturated carbocycles. The van der Waals surface area contributed by atoms with Crippen molar-refractivity contribution in [2.24, 2.45) is 0 Å². The van der Waals surface area contributed by atoms with Crippen LogP contribution in [0.15, 0.2) is 47.7 Å². The smallest absolute Gasteiger partial charge is 0.260 e. The number of ether oxygens (including phenoxy) is 1. The summed E-state index contributed by atoms with van der Waals surface area (Å²) in [5.74, 6) is 0.763. The Bertz CT molecular complexity index is 758. The molecule has 18 heavy (non-hydrogen) atoms. The van der Waals surface area contributed by atoms with E-state index in [4.69, 9.17) is 4.74 Å². The Kier molecular flexibility index (Phi) is 2.37. The third-order valence-electron chi connectivity index (χ3n) is 2.82. The topological polar surface area (TPSA) is 59.9 Å². The lowest BCUT2D eigenvalue weighted by molar-refractivity contribution is 0.414. The second kappa shape index (κ2) is 4.03. The van der Waals surface area contributed by atoms with Crippen LogP contribution in [0.5, 0.6) is 5.75 Å². The van der Waals surface area contributed by atoms with E-state index >= 15 is 0 Å². The van der Waals surface area contributed by atoms with Crippen molar-refractivity contribution in [3.05, 3.63) is 53.2 Å². The molecule has 0 radical (unpaired) electrons. The fraction of sp³-hybridized carbons (Fsp3) is 0.0769.